The third-order valence-electron chi connectivity index (χ3n) is 8.71. The van der Waals surface area contributed by atoms with Crippen LogP contribution in [0, 0.1) is 0 Å². The molecule has 43 heavy (non-hydrogen) atoms. The van der Waals surface area contributed by atoms with Gasteiger partial charge < -0.3 is 9.13 Å². The van der Waals surface area contributed by atoms with E-state index in [0.29, 0.717) is 0 Å². The molecule has 9 heteroatoms. The average Bonchev–Trinajstić information content (AvgIpc) is 3.84. The fraction of sp³-hybridized carbons (Fsp3) is 0.353. The summed E-state index contributed by atoms with van der Waals surface area (Å²) in [5.74, 6) is 0. The van der Waals surface area contributed by atoms with Crippen molar-refractivity contribution >= 4 is 109 Å². The van der Waals surface area contributed by atoms with E-state index in [0.717, 1.165) is 24.1 Å². The predicted octanol–water partition coefficient (Wildman–Crippen LogP) is 12.6. The van der Waals surface area contributed by atoms with Crippen molar-refractivity contribution in [1.82, 2.24) is 17.9 Å². The van der Waals surface area contributed by atoms with Gasteiger partial charge >= 0.3 is 0 Å². The van der Waals surface area contributed by atoms with Crippen LogP contribution in [-0.4, -0.2) is 17.9 Å². The maximum atomic E-state index is 4.87. The quantitative estimate of drug-likeness (QED) is 0.122. The number of unbranched alkanes of at least 4 members (excludes halogenated alkanes) is 6. The van der Waals surface area contributed by atoms with Gasteiger partial charge in [-0.25, -0.2) is 0 Å². The molecule has 0 radical (unpaired) electrons. The van der Waals surface area contributed by atoms with E-state index in [1.54, 1.807) is 0 Å². The molecule has 0 amide bonds. The predicted molar refractivity (Wildman–Crippen MR) is 194 cm³/mol. The minimum atomic E-state index is 1.03. The smallest absolute Gasteiger partial charge is 0.114 e. The third kappa shape index (κ3) is 4.70. The molecule has 0 unspecified atom stereocenters. The zero-order chi connectivity index (χ0) is 28.9. The Labute approximate surface area is 271 Å². The molecule has 0 aliphatic rings. The van der Waals surface area contributed by atoms with Gasteiger partial charge in [-0.2, -0.15) is 8.75 Å². The normalized spacial score (nSPS) is 12.4. The van der Waals surface area contributed by atoms with Gasteiger partial charge in [0.15, 0.2) is 0 Å². The lowest BCUT2D eigenvalue weighted by molar-refractivity contribution is 0.602. The summed E-state index contributed by atoms with van der Waals surface area (Å²) in [5.41, 5.74) is 10.0. The molecule has 1 aromatic carbocycles. The summed E-state index contributed by atoms with van der Waals surface area (Å²) in [6.07, 6.45) is 10.2. The Morgan fingerprint density at radius 2 is 1.05 bits per heavy atom. The molecule has 0 saturated carbocycles. The number of fused-ring (bicyclic) bond motifs is 7. The summed E-state index contributed by atoms with van der Waals surface area (Å²) in [6, 6.07) is 14.0. The van der Waals surface area contributed by atoms with E-state index in [-0.39, 0.29) is 0 Å². The highest BCUT2D eigenvalue weighted by Crippen LogP contribution is 2.47. The van der Waals surface area contributed by atoms with Gasteiger partial charge in [-0.1, -0.05) is 64.5 Å². The zero-order valence-corrected chi connectivity index (χ0v) is 28.6. The molecule has 4 nitrogen and oxygen atoms in total. The largest absolute Gasteiger partial charge is 0.339 e. The summed E-state index contributed by atoms with van der Waals surface area (Å²) >= 11 is 8.91. The topological polar surface area (TPSA) is 35.6 Å². The van der Waals surface area contributed by atoms with Crippen LogP contribution in [0.1, 0.15) is 65.2 Å². The molecular weight excluding hydrogens is 625 g/mol. The average molecular weight is 659 g/mol. The van der Waals surface area contributed by atoms with E-state index in [9.17, 15) is 0 Å². The van der Waals surface area contributed by atoms with Crippen LogP contribution < -0.4 is 0 Å². The van der Waals surface area contributed by atoms with Gasteiger partial charge in [-0.3, -0.25) is 0 Å². The van der Waals surface area contributed by atoms with Crippen molar-refractivity contribution in [3.8, 4) is 20.9 Å². The summed E-state index contributed by atoms with van der Waals surface area (Å²) in [5, 5.41) is 4.49. The minimum absolute atomic E-state index is 1.03. The van der Waals surface area contributed by atoms with E-state index in [2.05, 4.69) is 70.1 Å². The number of benzene rings is 1. The molecule has 0 atom stereocenters. The molecule has 220 valence electrons. The number of hydrogen-bond donors (Lipinski definition) is 0. The van der Waals surface area contributed by atoms with Crippen LogP contribution in [-0.2, 0) is 13.1 Å². The second kappa shape index (κ2) is 11.7. The van der Waals surface area contributed by atoms with Crippen LogP contribution in [0.4, 0.5) is 0 Å². The zero-order valence-electron chi connectivity index (χ0n) is 24.5. The minimum Gasteiger partial charge on any atom is -0.339 e. The maximum absolute atomic E-state index is 4.87. The second-order valence-electron chi connectivity index (χ2n) is 11.5. The van der Waals surface area contributed by atoms with Crippen molar-refractivity contribution in [3.05, 3.63) is 47.2 Å². The third-order valence-corrected chi connectivity index (χ3v) is 13.7. The van der Waals surface area contributed by atoms with E-state index in [1.807, 2.05) is 45.3 Å². The number of aryl methyl sites for hydroxylation is 2. The van der Waals surface area contributed by atoms with Gasteiger partial charge in [0.25, 0.3) is 0 Å². The van der Waals surface area contributed by atoms with Gasteiger partial charge in [-0.15, -0.1) is 45.3 Å². The Morgan fingerprint density at radius 3 is 1.51 bits per heavy atom. The summed E-state index contributed by atoms with van der Waals surface area (Å²) < 4.78 is 20.5. The first-order valence-electron chi connectivity index (χ1n) is 15.5. The Bertz CT molecular complexity index is 2040. The van der Waals surface area contributed by atoms with Gasteiger partial charge in [0.1, 0.15) is 11.0 Å². The molecule has 0 saturated heterocycles. The van der Waals surface area contributed by atoms with Crippen LogP contribution in [0.15, 0.2) is 47.2 Å². The molecule has 7 heterocycles. The number of rotatable bonds is 12. The van der Waals surface area contributed by atoms with Crippen LogP contribution >= 0.6 is 57.1 Å². The fourth-order valence-corrected chi connectivity index (χ4v) is 11.6. The van der Waals surface area contributed by atoms with Crippen molar-refractivity contribution in [3.63, 3.8) is 0 Å². The van der Waals surface area contributed by atoms with E-state index in [1.165, 1.54) is 125 Å². The van der Waals surface area contributed by atoms with Gasteiger partial charge in [0, 0.05) is 34.0 Å². The number of hydrogen-bond acceptors (Lipinski definition) is 7. The van der Waals surface area contributed by atoms with Crippen molar-refractivity contribution in [2.24, 2.45) is 0 Å². The lowest BCUT2D eigenvalue weighted by atomic mass is 10.1. The SMILES string of the molecule is CCCCCCn1c2ccsc2c2sc(-c3ccc(-c4cc5c(s4)c4sccc4n5CCCCCC)c4nsnc34)cc21. The van der Waals surface area contributed by atoms with Gasteiger partial charge in [0.2, 0.25) is 0 Å². The first-order chi connectivity index (χ1) is 21.3. The van der Waals surface area contributed by atoms with Gasteiger partial charge in [0.05, 0.1) is 52.6 Å². The second-order valence-corrected chi connectivity index (χ2v) is 15.9. The van der Waals surface area contributed by atoms with Crippen molar-refractivity contribution in [2.45, 2.75) is 78.3 Å². The standard InChI is InChI=1S/C34H34N4S5/c1-3-5-7-9-15-37-23-13-17-39-31(23)33-25(37)19-27(41-33)21-11-12-22(30-29(21)35-43-36-30)28-20-26-34(42-28)32-24(14-18-40-32)38(26)16-10-8-6-4-2/h11-14,17-20H,3-10,15-16H2,1-2H3. The Morgan fingerprint density at radius 1 is 0.558 bits per heavy atom. The van der Waals surface area contributed by atoms with Gasteiger partial charge in [-0.05, 0) is 47.9 Å². The molecule has 0 aliphatic carbocycles. The number of aromatic nitrogens is 4. The van der Waals surface area contributed by atoms with Crippen LogP contribution in [0.3, 0.4) is 0 Å². The highest BCUT2D eigenvalue weighted by Gasteiger charge is 2.22. The molecule has 7 aromatic heterocycles. The molecule has 0 spiro atoms. The summed E-state index contributed by atoms with van der Waals surface area (Å²) in [4.78, 5) is 2.59. The molecule has 8 rings (SSSR count). The first-order valence-corrected chi connectivity index (χ1v) is 19.6. The molecule has 0 bridgehead atoms. The number of nitrogens with zero attached hydrogens (tertiary/aromatic N) is 4. The lowest BCUT2D eigenvalue weighted by Crippen LogP contribution is -1.96. The summed E-state index contributed by atoms with van der Waals surface area (Å²) in [6.45, 7) is 6.74. The number of thiophene rings is 4. The fourth-order valence-electron chi connectivity index (χ4n) is 6.52. The highest BCUT2D eigenvalue weighted by atomic mass is 32.1. The maximum Gasteiger partial charge on any atom is 0.114 e. The molecule has 0 aliphatic heterocycles. The van der Waals surface area contributed by atoms with Crippen LogP contribution in [0.5, 0.6) is 0 Å². The lowest BCUT2D eigenvalue weighted by Gasteiger charge is -2.06. The Kier molecular flexibility index (Phi) is 7.63. The summed E-state index contributed by atoms with van der Waals surface area (Å²) in [7, 11) is 0. The van der Waals surface area contributed by atoms with Crippen molar-refractivity contribution in [2.75, 3.05) is 0 Å². The molecule has 0 N–H and O–H groups in total. The first kappa shape index (κ1) is 28.0. The van der Waals surface area contributed by atoms with Crippen molar-refractivity contribution < 1.29 is 0 Å². The van der Waals surface area contributed by atoms with Crippen LogP contribution in [0.25, 0.3) is 72.8 Å². The molecule has 8 aromatic rings. The van der Waals surface area contributed by atoms with E-state index in [4.69, 9.17) is 8.75 Å². The van der Waals surface area contributed by atoms with E-state index < -0.39 is 0 Å². The Hall–Kier alpha value is -2.56. The van der Waals surface area contributed by atoms with Crippen LogP contribution in [0.2, 0.25) is 0 Å². The van der Waals surface area contributed by atoms with E-state index >= 15 is 0 Å². The molecule has 0 fully saturated rings. The highest BCUT2D eigenvalue weighted by molar-refractivity contribution is 7.29. The monoisotopic (exact) mass is 658 g/mol. The Balaban J connectivity index is 1.18. The van der Waals surface area contributed by atoms with Crippen molar-refractivity contribution in [1.29, 1.82) is 0 Å². The molecular formula is C34H34N4S5.